The molecule has 0 saturated carbocycles. The molecule has 1 aliphatic heterocycles. The van der Waals surface area contributed by atoms with Gasteiger partial charge in [0.1, 0.15) is 5.75 Å². The van der Waals surface area contributed by atoms with Crippen molar-refractivity contribution in [1.82, 2.24) is 19.5 Å². The van der Waals surface area contributed by atoms with Crippen LogP contribution in [-0.2, 0) is 15.8 Å². The first-order chi connectivity index (χ1) is 9.69. The average molecular weight is 290 g/mol. The summed E-state index contributed by atoms with van der Waals surface area (Å²) in [5, 5.41) is 4.41. The monoisotopic (exact) mass is 290 g/mol. The van der Waals surface area contributed by atoms with E-state index in [0.29, 0.717) is 10.8 Å². The predicted octanol–water partition coefficient (Wildman–Crippen LogP) is 0.546. The molecule has 0 aromatic carbocycles. The molecule has 0 fully saturated rings. The quantitative estimate of drug-likeness (QED) is 0.892. The molecule has 0 radical (unpaired) electrons. The Kier molecular flexibility index (Phi) is 3.07. The van der Waals surface area contributed by atoms with Crippen LogP contribution < -0.4 is 9.46 Å². The minimum Gasteiger partial charge on any atom is -0.496 e. The third-order valence-corrected chi connectivity index (χ3v) is 3.83. The number of nitrogens with one attached hydrogen (secondary N) is 1. The molecule has 0 aliphatic carbocycles. The van der Waals surface area contributed by atoms with Crippen LogP contribution in [0.1, 0.15) is 0 Å². The number of pyridine rings is 1. The maximum Gasteiger partial charge on any atom is 0.258 e. The number of carbonyl (C=O) groups is 1. The third-order valence-electron chi connectivity index (χ3n) is 2.76. The zero-order valence-corrected chi connectivity index (χ0v) is 11.3. The number of amides is 1. The Morgan fingerprint density at radius 1 is 1.40 bits per heavy atom. The summed E-state index contributed by atoms with van der Waals surface area (Å²) in [5.41, 5.74) is 1.53. The Hall–Kier alpha value is -2.48. The molecule has 20 heavy (non-hydrogen) atoms. The topological polar surface area (TPSA) is 86.1 Å². The van der Waals surface area contributed by atoms with Crippen molar-refractivity contribution >= 4 is 21.9 Å². The van der Waals surface area contributed by atoms with Gasteiger partial charge in [-0.1, -0.05) is 0 Å². The lowest BCUT2D eigenvalue weighted by Crippen LogP contribution is -2.17. The van der Waals surface area contributed by atoms with Crippen molar-refractivity contribution < 1.29 is 13.7 Å². The lowest BCUT2D eigenvalue weighted by Gasteiger charge is -2.04. The normalized spacial score (nSPS) is 17.8. The Balaban J connectivity index is 2.01. The van der Waals surface area contributed by atoms with Gasteiger partial charge in [0.25, 0.3) is 5.91 Å². The summed E-state index contributed by atoms with van der Waals surface area (Å²) in [5.74, 6) is 0.268. The second-order valence-corrected chi connectivity index (χ2v) is 5.13. The number of hydrogen-bond acceptors (Lipinski definition) is 5. The van der Waals surface area contributed by atoms with E-state index in [4.69, 9.17) is 4.74 Å². The van der Waals surface area contributed by atoms with Crippen LogP contribution >= 0.6 is 0 Å². The maximum absolute atomic E-state index is 11.7. The number of methoxy groups -OCH3 is 1. The van der Waals surface area contributed by atoms with Gasteiger partial charge in [-0.2, -0.15) is 5.10 Å². The van der Waals surface area contributed by atoms with Crippen LogP contribution in [-0.4, -0.2) is 32.0 Å². The molecule has 1 unspecified atom stereocenters. The van der Waals surface area contributed by atoms with E-state index in [9.17, 15) is 9.00 Å². The number of ether oxygens (including phenoxy) is 1. The summed E-state index contributed by atoms with van der Waals surface area (Å²) in [6.07, 6.45) is 7.81. The highest BCUT2D eigenvalue weighted by Crippen LogP contribution is 2.29. The lowest BCUT2D eigenvalue weighted by molar-refractivity contribution is -0.114. The number of nitrogens with zero attached hydrogens (tertiary/aromatic N) is 3. The van der Waals surface area contributed by atoms with Crippen molar-refractivity contribution in [2.45, 2.75) is 0 Å². The largest absolute Gasteiger partial charge is 0.496 e. The smallest absolute Gasteiger partial charge is 0.258 e. The van der Waals surface area contributed by atoms with Crippen molar-refractivity contribution in [1.29, 1.82) is 0 Å². The third kappa shape index (κ3) is 2.10. The van der Waals surface area contributed by atoms with Crippen molar-refractivity contribution in [2.24, 2.45) is 0 Å². The fraction of sp³-hybridized carbons (Fsp3) is 0.0833. The first kappa shape index (κ1) is 12.5. The highest BCUT2D eigenvalue weighted by Gasteiger charge is 2.22. The molecule has 0 spiro atoms. The fourth-order valence-electron chi connectivity index (χ4n) is 1.85. The van der Waals surface area contributed by atoms with Crippen molar-refractivity contribution in [3.8, 4) is 16.9 Å². The van der Waals surface area contributed by atoms with Gasteiger partial charge in [0.2, 0.25) is 0 Å². The maximum atomic E-state index is 11.7. The molecule has 3 rings (SSSR count). The summed E-state index contributed by atoms with van der Waals surface area (Å²) in [7, 11) is -0.00690. The summed E-state index contributed by atoms with van der Waals surface area (Å²) in [6, 6.07) is 1.74. The van der Waals surface area contributed by atoms with E-state index in [1.54, 1.807) is 38.0 Å². The Labute approximate surface area is 116 Å². The van der Waals surface area contributed by atoms with Gasteiger partial charge in [-0.15, -0.1) is 0 Å². The number of aromatic nitrogens is 3. The fourth-order valence-corrected chi connectivity index (χ4v) is 2.68. The summed E-state index contributed by atoms with van der Waals surface area (Å²) in [4.78, 5) is 15.2. The molecular weight excluding hydrogens is 280 g/mol. The minimum atomic E-state index is -1.58. The molecule has 2 aromatic heterocycles. The van der Waals surface area contributed by atoms with E-state index >= 15 is 0 Å². The van der Waals surface area contributed by atoms with Gasteiger partial charge in [0.15, 0.2) is 16.0 Å². The molecule has 8 heteroatoms. The van der Waals surface area contributed by atoms with Gasteiger partial charge in [-0.25, -0.2) is 8.89 Å². The SMILES string of the molecule is COc1ccncc1-c1cnn(C2=CC(=O)NS2=O)c1. The second-order valence-electron chi connectivity index (χ2n) is 3.97. The van der Waals surface area contributed by atoms with Crippen LogP contribution in [0, 0.1) is 0 Å². The summed E-state index contributed by atoms with van der Waals surface area (Å²) < 4.78 is 20.6. The van der Waals surface area contributed by atoms with Crippen molar-refractivity contribution in [3.05, 3.63) is 36.9 Å². The zero-order valence-electron chi connectivity index (χ0n) is 10.4. The lowest BCUT2D eigenvalue weighted by atomic mass is 10.1. The molecule has 1 aliphatic rings. The predicted molar refractivity (Wildman–Crippen MR) is 72.6 cm³/mol. The Morgan fingerprint density at radius 2 is 2.25 bits per heavy atom. The van der Waals surface area contributed by atoms with Gasteiger partial charge in [0, 0.05) is 35.8 Å². The van der Waals surface area contributed by atoms with E-state index < -0.39 is 16.9 Å². The molecular formula is C12H10N4O3S. The molecule has 1 amide bonds. The van der Waals surface area contributed by atoms with Crippen LogP contribution in [0.4, 0.5) is 0 Å². The van der Waals surface area contributed by atoms with E-state index in [1.807, 2.05) is 0 Å². The van der Waals surface area contributed by atoms with Crippen molar-refractivity contribution in [2.75, 3.05) is 7.11 Å². The number of hydrogen-bond donors (Lipinski definition) is 1. The van der Waals surface area contributed by atoms with E-state index in [1.165, 1.54) is 10.8 Å². The van der Waals surface area contributed by atoms with Crippen LogP contribution in [0.3, 0.4) is 0 Å². The second kappa shape index (κ2) is 4.89. The molecule has 1 N–H and O–H groups in total. The van der Waals surface area contributed by atoms with Gasteiger partial charge >= 0.3 is 0 Å². The van der Waals surface area contributed by atoms with Gasteiger partial charge in [-0.3, -0.25) is 14.5 Å². The first-order valence-corrected chi connectivity index (χ1v) is 6.81. The van der Waals surface area contributed by atoms with Crippen molar-refractivity contribution in [3.63, 3.8) is 0 Å². The van der Waals surface area contributed by atoms with Crippen LogP contribution in [0.2, 0.25) is 0 Å². The minimum absolute atomic E-state index is 0.295. The van der Waals surface area contributed by atoms with Crippen LogP contribution in [0.25, 0.3) is 16.2 Å². The highest BCUT2D eigenvalue weighted by molar-refractivity contribution is 7.93. The molecule has 0 bridgehead atoms. The zero-order chi connectivity index (χ0) is 14.1. The highest BCUT2D eigenvalue weighted by atomic mass is 32.2. The average Bonchev–Trinajstić information content (AvgIpc) is 3.05. The van der Waals surface area contributed by atoms with Crippen LogP contribution in [0.5, 0.6) is 5.75 Å². The molecule has 1 atom stereocenters. The van der Waals surface area contributed by atoms with E-state index in [0.717, 1.165) is 11.1 Å². The van der Waals surface area contributed by atoms with Gasteiger partial charge in [0.05, 0.1) is 13.3 Å². The molecule has 2 aromatic rings. The Morgan fingerprint density at radius 3 is 2.95 bits per heavy atom. The van der Waals surface area contributed by atoms with Gasteiger partial charge < -0.3 is 4.74 Å². The van der Waals surface area contributed by atoms with Crippen LogP contribution in [0.15, 0.2) is 36.9 Å². The van der Waals surface area contributed by atoms with Gasteiger partial charge in [-0.05, 0) is 6.07 Å². The Bertz CT molecular complexity index is 738. The number of rotatable bonds is 3. The molecule has 102 valence electrons. The molecule has 3 heterocycles. The summed E-state index contributed by atoms with van der Waals surface area (Å²) in [6.45, 7) is 0. The molecule has 7 nitrogen and oxygen atoms in total. The van der Waals surface area contributed by atoms with E-state index in [-0.39, 0.29) is 0 Å². The molecule has 0 saturated heterocycles. The standard InChI is InChI=1S/C12H10N4O3S/c1-19-10-2-3-13-6-9(10)8-5-14-16(7-8)12-4-11(17)15-20(12)18/h2-7H,1H3,(H,15,17). The summed E-state index contributed by atoms with van der Waals surface area (Å²) >= 11 is 0. The van der Waals surface area contributed by atoms with E-state index in [2.05, 4.69) is 14.8 Å². The first-order valence-electron chi connectivity index (χ1n) is 5.66. The number of carbonyl (C=O) groups excluding carboxylic acids is 1.